The zero-order valence-corrected chi connectivity index (χ0v) is 11.0. The maximum atomic E-state index is 10.3. The number of carboxylic acid groups (broad SMARTS) is 1. The topological polar surface area (TPSA) is 60.8 Å². The number of nitrogens with zero attached hydrogens (tertiary/aromatic N) is 1. The molecule has 0 aliphatic carbocycles. The third-order valence-corrected chi connectivity index (χ3v) is 2.84. The number of carbonyl (C=O) groups is 1. The van der Waals surface area contributed by atoms with Gasteiger partial charge in [0.1, 0.15) is 6.42 Å². The van der Waals surface area contributed by atoms with Gasteiger partial charge >= 0.3 is 5.97 Å². The summed E-state index contributed by atoms with van der Waals surface area (Å²) in [6.45, 7) is 0.497. The first kappa shape index (κ1) is 15.2. The Hall–Kier alpha value is -1.83. The largest absolute Gasteiger partial charge is 0.481 e. The Kier molecular flexibility index (Phi) is 6.65. The Balaban J connectivity index is 2.49. The number of carboxylic acids is 1. The molecule has 4 nitrogen and oxygen atoms in total. The molecular weight excluding hydrogens is 242 g/mol. The molecule has 0 radical (unpaired) electrons. The van der Waals surface area contributed by atoms with Crippen LogP contribution < -0.4 is 0 Å². The van der Waals surface area contributed by atoms with Gasteiger partial charge in [-0.25, -0.2) is 0 Å². The van der Waals surface area contributed by atoms with Gasteiger partial charge in [0, 0.05) is 6.04 Å². The highest BCUT2D eigenvalue weighted by atomic mass is 16.4. The molecule has 2 N–H and O–H groups in total. The Morgan fingerprint density at radius 3 is 2.58 bits per heavy atom. The molecule has 0 fully saturated rings. The molecule has 1 aromatic carbocycles. The Morgan fingerprint density at radius 2 is 2.00 bits per heavy atom. The summed E-state index contributed by atoms with van der Waals surface area (Å²) in [6, 6.07) is 9.92. The highest BCUT2D eigenvalue weighted by Crippen LogP contribution is 2.07. The van der Waals surface area contributed by atoms with E-state index in [-0.39, 0.29) is 19.1 Å². The summed E-state index contributed by atoms with van der Waals surface area (Å²) in [5, 5.41) is 17.9. The van der Waals surface area contributed by atoms with Crippen molar-refractivity contribution in [2.75, 3.05) is 20.2 Å². The Bertz CT molecular complexity index is 447. The van der Waals surface area contributed by atoms with Gasteiger partial charge in [-0.3, -0.25) is 9.69 Å². The van der Waals surface area contributed by atoms with E-state index in [1.165, 1.54) is 0 Å². The van der Waals surface area contributed by atoms with Crippen LogP contribution in [0.5, 0.6) is 0 Å². The molecule has 0 heterocycles. The van der Waals surface area contributed by atoms with E-state index in [1.54, 1.807) is 0 Å². The fourth-order valence-electron chi connectivity index (χ4n) is 1.69. The maximum absolute atomic E-state index is 10.3. The van der Waals surface area contributed by atoms with Gasteiger partial charge in [-0.1, -0.05) is 42.2 Å². The van der Waals surface area contributed by atoms with Crippen LogP contribution in [-0.4, -0.2) is 47.3 Å². The van der Waals surface area contributed by atoms with Crippen LogP contribution in [0.15, 0.2) is 30.3 Å². The lowest BCUT2D eigenvalue weighted by Gasteiger charge is -2.24. The minimum atomic E-state index is -0.918. The number of aliphatic carboxylic acids is 1. The van der Waals surface area contributed by atoms with Crippen LogP contribution in [-0.2, 0) is 11.2 Å². The van der Waals surface area contributed by atoms with E-state index in [0.29, 0.717) is 6.54 Å². The van der Waals surface area contributed by atoms with Crippen molar-refractivity contribution in [2.24, 2.45) is 0 Å². The first-order chi connectivity index (χ1) is 9.13. The van der Waals surface area contributed by atoms with Crippen molar-refractivity contribution in [3.63, 3.8) is 0 Å². The van der Waals surface area contributed by atoms with Crippen LogP contribution in [0.25, 0.3) is 0 Å². The molecule has 0 bridgehead atoms. The second kappa shape index (κ2) is 8.30. The molecule has 0 saturated heterocycles. The molecule has 0 aromatic heterocycles. The molecular formula is C15H19NO3. The van der Waals surface area contributed by atoms with Crippen LogP contribution in [0.4, 0.5) is 0 Å². The van der Waals surface area contributed by atoms with E-state index in [1.807, 2.05) is 42.3 Å². The van der Waals surface area contributed by atoms with Gasteiger partial charge in [-0.2, -0.15) is 0 Å². The van der Waals surface area contributed by atoms with Crippen LogP contribution >= 0.6 is 0 Å². The third kappa shape index (κ3) is 6.05. The number of rotatable bonds is 6. The quantitative estimate of drug-likeness (QED) is 0.750. The molecule has 1 atom stereocenters. The molecule has 0 aliphatic rings. The van der Waals surface area contributed by atoms with Crippen LogP contribution in [0.1, 0.15) is 12.0 Å². The fourth-order valence-corrected chi connectivity index (χ4v) is 1.69. The molecule has 1 rings (SSSR count). The minimum Gasteiger partial charge on any atom is -0.481 e. The van der Waals surface area contributed by atoms with Gasteiger partial charge in [0.15, 0.2) is 0 Å². The van der Waals surface area contributed by atoms with Crippen molar-refractivity contribution in [1.82, 2.24) is 4.90 Å². The van der Waals surface area contributed by atoms with E-state index in [0.717, 1.165) is 12.0 Å². The average Bonchev–Trinajstić information content (AvgIpc) is 2.41. The lowest BCUT2D eigenvalue weighted by molar-refractivity contribution is -0.135. The summed E-state index contributed by atoms with van der Waals surface area (Å²) in [7, 11) is 1.87. The van der Waals surface area contributed by atoms with Gasteiger partial charge in [-0.05, 0) is 19.0 Å². The van der Waals surface area contributed by atoms with Gasteiger partial charge in [0.25, 0.3) is 0 Å². The van der Waals surface area contributed by atoms with Gasteiger partial charge in [0.2, 0.25) is 0 Å². The second-order valence-corrected chi connectivity index (χ2v) is 4.37. The SMILES string of the molecule is CN(CC#CCC(=O)O)[C@H](CO)Cc1ccccc1. The first-order valence-corrected chi connectivity index (χ1v) is 6.16. The predicted molar refractivity (Wildman–Crippen MR) is 73.7 cm³/mol. The smallest absolute Gasteiger partial charge is 0.315 e. The van der Waals surface area contributed by atoms with Crippen LogP contribution in [0.3, 0.4) is 0 Å². The number of aliphatic hydroxyl groups excluding tert-OH is 1. The molecule has 102 valence electrons. The highest BCUT2D eigenvalue weighted by Gasteiger charge is 2.13. The molecule has 4 heteroatoms. The predicted octanol–water partition coefficient (Wildman–Crippen LogP) is 1.000. The van der Waals surface area contributed by atoms with Crippen molar-refractivity contribution in [2.45, 2.75) is 18.9 Å². The zero-order valence-electron chi connectivity index (χ0n) is 11.0. The van der Waals surface area contributed by atoms with Gasteiger partial charge < -0.3 is 10.2 Å². The highest BCUT2D eigenvalue weighted by molar-refractivity contribution is 5.69. The van der Waals surface area contributed by atoms with E-state index in [9.17, 15) is 9.90 Å². The summed E-state index contributed by atoms with van der Waals surface area (Å²) in [6.07, 6.45) is 0.602. The first-order valence-electron chi connectivity index (χ1n) is 6.16. The number of hydrogen-bond donors (Lipinski definition) is 2. The van der Waals surface area contributed by atoms with Gasteiger partial charge in [0.05, 0.1) is 13.2 Å². The summed E-state index contributed by atoms with van der Waals surface area (Å²) in [5.74, 6) is 4.47. The molecule has 0 unspecified atom stereocenters. The summed E-state index contributed by atoms with van der Waals surface area (Å²) in [5.41, 5.74) is 1.16. The maximum Gasteiger partial charge on any atom is 0.315 e. The molecule has 0 aliphatic heterocycles. The summed E-state index contributed by atoms with van der Waals surface area (Å²) >= 11 is 0. The van der Waals surface area contributed by atoms with E-state index in [2.05, 4.69) is 11.8 Å². The van der Waals surface area contributed by atoms with Crippen molar-refractivity contribution in [1.29, 1.82) is 0 Å². The number of hydrogen-bond acceptors (Lipinski definition) is 3. The van der Waals surface area contributed by atoms with Crippen molar-refractivity contribution in [3.8, 4) is 11.8 Å². The third-order valence-electron chi connectivity index (χ3n) is 2.84. The Labute approximate surface area is 113 Å². The van der Waals surface area contributed by atoms with Crippen molar-refractivity contribution in [3.05, 3.63) is 35.9 Å². The van der Waals surface area contributed by atoms with E-state index >= 15 is 0 Å². The average molecular weight is 261 g/mol. The normalized spacial score (nSPS) is 11.7. The fraction of sp³-hybridized carbons (Fsp3) is 0.400. The molecule has 0 spiro atoms. The van der Waals surface area contributed by atoms with Crippen LogP contribution in [0, 0.1) is 11.8 Å². The number of aliphatic hydroxyl groups is 1. The molecule has 0 amide bonds. The lowest BCUT2D eigenvalue weighted by Crippen LogP contribution is -2.36. The van der Waals surface area contributed by atoms with Crippen molar-refractivity contribution < 1.29 is 15.0 Å². The summed E-state index contributed by atoms with van der Waals surface area (Å²) in [4.78, 5) is 12.3. The Morgan fingerprint density at radius 1 is 1.32 bits per heavy atom. The zero-order chi connectivity index (χ0) is 14.1. The van der Waals surface area contributed by atoms with E-state index in [4.69, 9.17) is 5.11 Å². The van der Waals surface area contributed by atoms with Crippen LogP contribution in [0.2, 0.25) is 0 Å². The molecule has 0 saturated carbocycles. The van der Waals surface area contributed by atoms with Gasteiger partial charge in [-0.15, -0.1) is 0 Å². The number of benzene rings is 1. The summed E-state index contributed by atoms with van der Waals surface area (Å²) < 4.78 is 0. The van der Waals surface area contributed by atoms with E-state index < -0.39 is 5.97 Å². The monoisotopic (exact) mass is 261 g/mol. The molecule has 19 heavy (non-hydrogen) atoms. The number of likely N-dealkylation sites (N-methyl/N-ethyl adjacent to an activating group) is 1. The standard InChI is InChI=1S/C15H19NO3/c1-16(10-6-5-9-15(18)19)14(12-17)11-13-7-3-2-4-8-13/h2-4,7-8,14,17H,9-12H2,1H3,(H,18,19)/t14-/m0/s1. The van der Waals surface area contributed by atoms with Crippen molar-refractivity contribution >= 4 is 5.97 Å². The lowest BCUT2D eigenvalue weighted by atomic mass is 10.1. The second-order valence-electron chi connectivity index (χ2n) is 4.37. The minimum absolute atomic E-state index is 0.0125. The molecule has 1 aromatic rings.